The second-order valence-corrected chi connectivity index (χ2v) is 5.71. The van der Waals surface area contributed by atoms with Gasteiger partial charge in [0.05, 0.1) is 18.8 Å². The predicted octanol–water partition coefficient (Wildman–Crippen LogP) is 1.21. The van der Waals surface area contributed by atoms with Crippen molar-refractivity contribution < 1.29 is 4.74 Å². The monoisotopic (exact) mass is 238 g/mol. The zero-order chi connectivity index (χ0) is 12.3. The summed E-state index contributed by atoms with van der Waals surface area (Å²) >= 11 is 0. The molecule has 5 heteroatoms. The molecule has 1 aliphatic rings. The minimum atomic E-state index is 0.160. The average molecular weight is 238 g/mol. The molecule has 96 valence electrons. The van der Waals surface area contributed by atoms with E-state index < -0.39 is 0 Å². The maximum Gasteiger partial charge on any atom is 0.137 e. The number of nitrogens with one attached hydrogen (secondary N) is 1. The van der Waals surface area contributed by atoms with E-state index in [1.807, 2.05) is 4.68 Å². The Balaban J connectivity index is 1.72. The molecule has 1 aliphatic heterocycles. The van der Waals surface area contributed by atoms with E-state index in [1.54, 1.807) is 12.7 Å². The van der Waals surface area contributed by atoms with Gasteiger partial charge in [0.2, 0.25) is 0 Å². The molecule has 1 aromatic rings. The lowest BCUT2D eigenvalue weighted by Crippen LogP contribution is -2.41. The molecule has 1 fully saturated rings. The molecule has 0 radical (unpaired) electrons. The van der Waals surface area contributed by atoms with Crippen LogP contribution in [0.25, 0.3) is 0 Å². The largest absolute Gasteiger partial charge is 0.372 e. The highest BCUT2D eigenvalue weighted by atomic mass is 16.5. The summed E-state index contributed by atoms with van der Waals surface area (Å²) in [6.45, 7) is 8.27. The fraction of sp³-hybridized carbons (Fsp3) is 0.833. The van der Waals surface area contributed by atoms with Gasteiger partial charge < -0.3 is 10.1 Å². The van der Waals surface area contributed by atoms with Crippen molar-refractivity contribution in [1.29, 1.82) is 0 Å². The zero-order valence-electron chi connectivity index (χ0n) is 10.9. The third-order valence-corrected chi connectivity index (χ3v) is 2.91. The number of aromatic nitrogens is 3. The van der Waals surface area contributed by atoms with Crippen LogP contribution in [0.1, 0.15) is 33.6 Å². The van der Waals surface area contributed by atoms with E-state index in [2.05, 4.69) is 36.2 Å². The number of hydrogen-bond donors (Lipinski definition) is 1. The fourth-order valence-corrected chi connectivity index (χ4v) is 2.02. The SMILES string of the molecule is CC(C)(C)NCC1CCC(Cn2cncn2)O1. The molecular formula is C12H22N4O. The maximum atomic E-state index is 5.98. The van der Waals surface area contributed by atoms with Crippen molar-refractivity contribution in [2.45, 2.75) is 57.9 Å². The Kier molecular flexibility index (Phi) is 3.79. The van der Waals surface area contributed by atoms with Crippen molar-refractivity contribution in [3.05, 3.63) is 12.7 Å². The summed E-state index contributed by atoms with van der Waals surface area (Å²) in [7, 11) is 0. The van der Waals surface area contributed by atoms with Gasteiger partial charge in [-0.3, -0.25) is 4.68 Å². The number of nitrogens with zero attached hydrogens (tertiary/aromatic N) is 3. The van der Waals surface area contributed by atoms with E-state index in [-0.39, 0.29) is 11.6 Å². The normalized spacial score (nSPS) is 25.4. The third-order valence-electron chi connectivity index (χ3n) is 2.91. The Bertz CT molecular complexity index is 331. The van der Waals surface area contributed by atoms with E-state index in [0.29, 0.717) is 6.10 Å². The molecule has 2 atom stereocenters. The molecular weight excluding hydrogens is 216 g/mol. The number of ether oxygens (including phenoxy) is 1. The fourth-order valence-electron chi connectivity index (χ4n) is 2.02. The van der Waals surface area contributed by atoms with E-state index in [4.69, 9.17) is 4.74 Å². The highest BCUT2D eigenvalue weighted by Crippen LogP contribution is 2.20. The van der Waals surface area contributed by atoms with E-state index in [9.17, 15) is 0 Å². The second-order valence-electron chi connectivity index (χ2n) is 5.71. The summed E-state index contributed by atoms with van der Waals surface area (Å²) < 4.78 is 7.82. The Labute approximate surface area is 103 Å². The molecule has 0 spiro atoms. The lowest BCUT2D eigenvalue weighted by atomic mass is 10.1. The first kappa shape index (κ1) is 12.5. The van der Waals surface area contributed by atoms with Crippen LogP contribution >= 0.6 is 0 Å². The molecule has 2 rings (SSSR count). The Morgan fingerprint density at radius 2 is 2.12 bits per heavy atom. The minimum absolute atomic E-state index is 0.160. The minimum Gasteiger partial charge on any atom is -0.372 e. The third kappa shape index (κ3) is 4.09. The summed E-state index contributed by atoms with van der Waals surface area (Å²) in [6.07, 6.45) is 6.16. The van der Waals surface area contributed by atoms with Crippen LogP contribution in [-0.4, -0.2) is 39.1 Å². The van der Waals surface area contributed by atoms with Crippen LogP contribution in [0.4, 0.5) is 0 Å². The summed E-state index contributed by atoms with van der Waals surface area (Å²) in [6, 6.07) is 0. The topological polar surface area (TPSA) is 52.0 Å². The van der Waals surface area contributed by atoms with Gasteiger partial charge >= 0.3 is 0 Å². The van der Waals surface area contributed by atoms with Crippen LogP contribution in [-0.2, 0) is 11.3 Å². The van der Waals surface area contributed by atoms with Gasteiger partial charge in [-0.05, 0) is 33.6 Å². The Hall–Kier alpha value is -0.940. The molecule has 17 heavy (non-hydrogen) atoms. The molecule has 0 bridgehead atoms. The van der Waals surface area contributed by atoms with Crippen LogP contribution < -0.4 is 5.32 Å². The molecule has 0 aliphatic carbocycles. The van der Waals surface area contributed by atoms with E-state index >= 15 is 0 Å². The summed E-state index contributed by atoms with van der Waals surface area (Å²) in [5, 5.41) is 7.58. The van der Waals surface area contributed by atoms with Gasteiger partial charge in [-0.15, -0.1) is 0 Å². The van der Waals surface area contributed by atoms with Crippen LogP contribution in [0.15, 0.2) is 12.7 Å². The number of hydrogen-bond acceptors (Lipinski definition) is 4. The van der Waals surface area contributed by atoms with Crippen molar-refractivity contribution in [3.63, 3.8) is 0 Å². The molecule has 1 saturated heterocycles. The molecule has 0 amide bonds. The Morgan fingerprint density at radius 3 is 2.76 bits per heavy atom. The number of rotatable bonds is 4. The highest BCUT2D eigenvalue weighted by Gasteiger charge is 2.26. The van der Waals surface area contributed by atoms with Gasteiger partial charge in [0.1, 0.15) is 12.7 Å². The summed E-state index contributed by atoms with van der Waals surface area (Å²) in [4.78, 5) is 3.94. The molecule has 2 unspecified atom stereocenters. The molecule has 0 saturated carbocycles. The molecule has 1 N–H and O–H groups in total. The van der Waals surface area contributed by atoms with Crippen LogP contribution in [0.5, 0.6) is 0 Å². The van der Waals surface area contributed by atoms with Gasteiger partial charge in [-0.2, -0.15) is 5.10 Å². The van der Waals surface area contributed by atoms with Gasteiger partial charge in [0.25, 0.3) is 0 Å². The molecule has 2 heterocycles. The molecule has 0 aromatic carbocycles. The molecule has 5 nitrogen and oxygen atoms in total. The standard InChI is InChI=1S/C12H22N4O/c1-12(2,3)14-6-10-4-5-11(17-10)7-16-9-13-8-15-16/h8-11,14H,4-7H2,1-3H3. The van der Waals surface area contributed by atoms with Crippen molar-refractivity contribution >= 4 is 0 Å². The van der Waals surface area contributed by atoms with Gasteiger partial charge in [-0.25, -0.2) is 4.98 Å². The van der Waals surface area contributed by atoms with Crippen molar-refractivity contribution in [2.24, 2.45) is 0 Å². The first-order valence-electron chi connectivity index (χ1n) is 6.26. The lowest BCUT2D eigenvalue weighted by Gasteiger charge is -2.23. The van der Waals surface area contributed by atoms with E-state index in [1.165, 1.54) is 0 Å². The lowest BCUT2D eigenvalue weighted by molar-refractivity contribution is 0.0312. The van der Waals surface area contributed by atoms with Crippen LogP contribution in [0, 0.1) is 0 Å². The van der Waals surface area contributed by atoms with Crippen LogP contribution in [0.2, 0.25) is 0 Å². The Morgan fingerprint density at radius 1 is 1.35 bits per heavy atom. The summed E-state index contributed by atoms with van der Waals surface area (Å²) in [5.41, 5.74) is 0.160. The van der Waals surface area contributed by atoms with E-state index in [0.717, 1.165) is 25.9 Å². The quantitative estimate of drug-likeness (QED) is 0.856. The van der Waals surface area contributed by atoms with Crippen molar-refractivity contribution in [2.75, 3.05) is 6.54 Å². The average Bonchev–Trinajstić information content (AvgIpc) is 2.86. The van der Waals surface area contributed by atoms with Crippen molar-refractivity contribution in [1.82, 2.24) is 20.1 Å². The summed E-state index contributed by atoms with van der Waals surface area (Å²) in [5.74, 6) is 0. The van der Waals surface area contributed by atoms with Gasteiger partial charge in [0, 0.05) is 12.1 Å². The highest BCUT2D eigenvalue weighted by molar-refractivity contribution is 4.79. The van der Waals surface area contributed by atoms with Crippen LogP contribution in [0.3, 0.4) is 0 Å². The maximum absolute atomic E-state index is 5.98. The smallest absolute Gasteiger partial charge is 0.137 e. The zero-order valence-corrected chi connectivity index (χ0v) is 10.9. The van der Waals surface area contributed by atoms with Crippen molar-refractivity contribution in [3.8, 4) is 0 Å². The first-order valence-corrected chi connectivity index (χ1v) is 6.26. The first-order chi connectivity index (χ1) is 8.03. The second kappa shape index (κ2) is 5.14. The van der Waals surface area contributed by atoms with Gasteiger partial charge in [-0.1, -0.05) is 0 Å². The van der Waals surface area contributed by atoms with Gasteiger partial charge in [0.15, 0.2) is 0 Å². The predicted molar refractivity (Wildman–Crippen MR) is 65.7 cm³/mol. The molecule has 1 aromatic heterocycles.